The molecule has 0 fully saturated rings. The van der Waals surface area contributed by atoms with Crippen LogP contribution in [0.5, 0.6) is 5.75 Å². The van der Waals surface area contributed by atoms with Crippen molar-refractivity contribution in [2.24, 2.45) is 0 Å². The van der Waals surface area contributed by atoms with E-state index in [9.17, 15) is 4.79 Å². The van der Waals surface area contributed by atoms with Crippen LogP contribution in [0.1, 0.15) is 11.4 Å². The second kappa shape index (κ2) is 6.07. The number of H-pyrrole nitrogens is 1. The number of fused-ring (bicyclic) bond motifs is 1. The van der Waals surface area contributed by atoms with E-state index < -0.39 is 5.97 Å². The van der Waals surface area contributed by atoms with Crippen LogP contribution in [-0.4, -0.2) is 21.0 Å². The number of hydrogen-bond donors (Lipinski definition) is 2. The molecule has 0 bridgehead atoms. The third-order valence-corrected chi connectivity index (χ3v) is 3.46. The molecule has 22 heavy (non-hydrogen) atoms. The van der Waals surface area contributed by atoms with Gasteiger partial charge in [-0.3, -0.25) is 4.79 Å². The summed E-state index contributed by atoms with van der Waals surface area (Å²) in [6, 6.07) is 12.6. The third kappa shape index (κ3) is 3.20. The number of benzene rings is 2. The minimum atomic E-state index is -0.860. The van der Waals surface area contributed by atoms with Crippen LogP contribution >= 0.6 is 11.6 Å². The Morgan fingerprint density at radius 2 is 2.09 bits per heavy atom. The first kappa shape index (κ1) is 14.4. The molecule has 1 aromatic heterocycles. The molecule has 0 saturated heterocycles. The highest BCUT2D eigenvalue weighted by Crippen LogP contribution is 2.24. The number of nitrogens with one attached hydrogen (secondary N) is 1. The lowest BCUT2D eigenvalue weighted by Crippen LogP contribution is -1.99. The first-order chi connectivity index (χ1) is 10.6. The molecular formula is C16H13ClN2O3. The average molecular weight is 317 g/mol. The number of aliphatic carboxylic acids is 1. The lowest BCUT2D eigenvalue weighted by atomic mass is 10.1. The van der Waals surface area contributed by atoms with E-state index in [-0.39, 0.29) is 13.0 Å². The van der Waals surface area contributed by atoms with E-state index >= 15 is 0 Å². The number of halogens is 1. The van der Waals surface area contributed by atoms with Crippen LogP contribution in [0.3, 0.4) is 0 Å². The molecule has 0 aliphatic heterocycles. The molecule has 0 saturated carbocycles. The van der Waals surface area contributed by atoms with Crippen molar-refractivity contribution in [2.45, 2.75) is 13.0 Å². The molecule has 6 heteroatoms. The number of ether oxygens (including phenoxy) is 1. The maximum Gasteiger partial charge on any atom is 0.307 e. The molecule has 0 unspecified atom stereocenters. The molecule has 3 aromatic rings. The highest BCUT2D eigenvalue weighted by molar-refractivity contribution is 6.32. The second-order valence-electron chi connectivity index (χ2n) is 4.82. The fraction of sp³-hybridized carbons (Fsp3) is 0.125. The van der Waals surface area contributed by atoms with Crippen LogP contribution in [0.4, 0.5) is 0 Å². The Labute approximate surface area is 131 Å². The van der Waals surface area contributed by atoms with Gasteiger partial charge < -0.3 is 14.8 Å². The average Bonchev–Trinajstić information content (AvgIpc) is 2.88. The molecule has 0 radical (unpaired) electrons. The van der Waals surface area contributed by atoms with Gasteiger partial charge in [0.25, 0.3) is 0 Å². The Kier molecular flexibility index (Phi) is 3.98. The zero-order chi connectivity index (χ0) is 15.5. The van der Waals surface area contributed by atoms with E-state index in [2.05, 4.69) is 9.97 Å². The second-order valence-corrected chi connectivity index (χ2v) is 5.23. The number of nitrogens with zero attached hydrogens (tertiary/aromatic N) is 1. The number of aromatic amines is 1. The maximum atomic E-state index is 10.7. The molecule has 2 aromatic carbocycles. The molecule has 0 aliphatic rings. The minimum absolute atomic E-state index is 0.0135. The van der Waals surface area contributed by atoms with E-state index in [0.29, 0.717) is 16.6 Å². The van der Waals surface area contributed by atoms with Crippen LogP contribution in [0.2, 0.25) is 5.02 Å². The van der Waals surface area contributed by atoms with Gasteiger partial charge in [-0.05, 0) is 29.8 Å². The van der Waals surface area contributed by atoms with Gasteiger partial charge >= 0.3 is 5.97 Å². The molecule has 0 atom stereocenters. The molecule has 0 aliphatic carbocycles. The summed E-state index contributed by atoms with van der Waals surface area (Å²) in [5.41, 5.74) is 2.28. The van der Waals surface area contributed by atoms with Crippen molar-refractivity contribution >= 4 is 28.6 Å². The van der Waals surface area contributed by atoms with Gasteiger partial charge in [-0.2, -0.15) is 0 Å². The van der Waals surface area contributed by atoms with Crippen LogP contribution in [0, 0.1) is 0 Å². The van der Waals surface area contributed by atoms with Gasteiger partial charge in [0.15, 0.2) is 0 Å². The van der Waals surface area contributed by atoms with Gasteiger partial charge in [0.1, 0.15) is 18.2 Å². The van der Waals surface area contributed by atoms with Gasteiger partial charge in [0, 0.05) is 0 Å². The predicted molar refractivity (Wildman–Crippen MR) is 83.2 cm³/mol. The lowest BCUT2D eigenvalue weighted by molar-refractivity contribution is -0.136. The Morgan fingerprint density at radius 1 is 1.27 bits per heavy atom. The third-order valence-electron chi connectivity index (χ3n) is 3.15. The lowest BCUT2D eigenvalue weighted by Gasteiger charge is -2.05. The first-order valence-electron chi connectivity index (χ1n) is 6.68. The summed E-state index contributed by atoms with van der Waals surface area (Å²) in [6.07, 6.45) is -0.0135. The number of carboxylic acid groups (broad SMARTS) is 1. The van der Waals surface area contributed by atoms with Crippen molar-refractivity contribution in [2.75, 3.05) is 0 Å². The Hall–Kier alpha value is -2.53. The van der Waals surface area contributed by atoms with Crippen LogP contribution in [-0.2, 0) is 17.8 Å². The maximum absolute atomic E-state index is 10.7. The van der Waals surface area contributed by atoms with E-state index in [0.717, 1.165) is 16.6 Å². The number of rotatable bonds is 5. The van der Waals surface area contributed by atoms with Gasteiger partial charge in [-0.15, -0.1) is 0 Å². The molecule has 1 heterocycles. The van der Waals surface area contributed by atoms with Crippen molar-refractivity contribution in [1.29, 1.82) is 0 Å². The van der Waals surface area contributed by atoms with Crippen molar-refractivity contribution in [3.8, 4) is 5.75 Å². The Morgan fingerprint density at radius 3 is 2.86 bits per heavy atom. The van der Waals surface area contributed by atoms with E-state index in [4.69, 9.17) is 21.4 Å². The number of para-hydroxylation sites is 1. The minimum Gasteiger partial charge on any atom is -0.484 e. The molecule has 0 amide bonds. The Balaban J connectivity index is 1.77. The van der Waals surface area contributed by atoms with Gasteiger partial charge in [0.05, 0.1) is 22.5 Å². The van der Waals surface area contributed by atoms with Crippen molar-refractivity contribution < 1.29 is 14.6 Å². The fourth-order valence-corrected chi connectivity index (χ4v) is 2.36. The summed E-state index contributed by atoms with van der Waals surface area (Å²) in [7, 11) is 0. The molecule has 5 nitrogen and oxygen atoms in total. The predicted octanol–water partition coefficient (Wildman–Crippen LogP) is 3.42. The summed E-state index contributed by atoms with van der Waals surface area (Å²) >= 11 is 6.03. The number of carboxylic acids is 1. The highest BCUT2D eigenvalue weighted by Gasteiger charge is 2.07. The molecule has 3 rings (SSSR count). The topological polar surface area (TPSA) is 75.2 Å². The monoisotopic (exact) mass is 316 g/mol. The van der Waals surface area contributed by atoms with Gasteiger partial charge in [-0.1, -0.05) is 29.8 Å². The normalized spacial score (nSPS) is 10.8. The zero-order valence-corrected chi connectivity index (χ0v) is 12.3. The molecule has 112 valence electrons. The summed E-state index contributed by atoms with van der Waals surface area (Å²) in [5, 5.41) is 9.37. The van der Waals surface area contributed by atoms with Crippen molar-refractivity contribution in [1.82, 2.24) is 9.97 Å². The quantitative estimate of drug-likeness (QED) is 0.756. The summed E-state index contributed by atoms with van der Waals surface area (Å²) in [4.78, 5) is 18.3. The fourth-order valence-electron chi connectivity index (χ4n) is 2.17. The van der Waals surface area contributed by atoms with E-state index in [1.807, 2.05) is 12.1 Å². The number of carbonyl (C=O) groups is 1. The van der Waals surface area contributed by atoms with Gasteiger partial charge in [0.2, 0.25) is 0 Å². The largest absolute Gasteiger partial charge is 0.484 e. The van der Waals surface area contributed by atoms with Crippen molar-refractivity contribution in [3.63, 3.8) is 0 Å². The number of imidazole rings is 1. The zero-order valence-electron chi connectivity index (χ0n) is 11.5. The summed E-state index contributed by atoms with van der Waals surface area (Å²) in [5.74, 6) is 0.389. The highest BCUT2D eigenvalue weighted by atomic mass is 35.5. The first-order valence-corrected chi connectivity index (χ1v) is 7.06. The number of aromatic nitrogens is 2. The number of hydrogen-bond acceptors (Lipinski definition) is 3. The summed E-state index contributed by atoms with van der Waals surface area (Å²) in [6.45, 7) is 0.257. The van der Waals surface area contributed by atoms with Crippen LogP contribution < -0.4 is 4.74 Å². The molecule has 2 N–H and O–H groups in total. The van der Waals surface area contributed by atoms with E-state index in [1.165, 1.54) is 0 Å². The van der Waals surface area contributed by atoms with Crippen molar-refractivity contribution in [3.05, 3.63) is 58.9 Å². The summed E-state index contributed by atoms with van der Waals surface area (Å²) < 4.78 is 5.63. The standard InChI is InChI=1S/C16H13ClN2O3/c17-11-3-1-2-4-14(11)22-9-15-18-12-6-5-10(8-16(20)21)7-13(12)19-15/h1-7H,8-9H2,(H,18,19)(H,20,21). The van der Waals surface area contributed by atoms with Gasteiger partial charge in [-0.25, -0.2) is 4.98 Å². The molecular weight excluding hydrogens is 304 g/mol. The van der Waals surface area contributed by atoms with E-state index in [1.54, 1.807) is 30.3 Å². The Bertz CT molecular complexity index is 829. The smallest absolute Gasteiger partial charge is 0.307 e. The van der Waals surface area contributed by atoms with Crippen LogP contribution in [0.25, 0.3) is 11.0 Å². The van der Waals surface area contributed by atoms with Crippen LogP contribution in [0.15, 0.2) is 42.5 Å². The molecule has 0 spiro atoms. The SMILES string of the molecule is O=C(O)Cc1ccc2nc(COc3ccccc3Cl)[nH]c2c1.